The molecule has 1 heterocycles. The van der Waals surface area contributed by atoms with Crippen LogP contribution < -0.4 is 15.4 Å². The summed E-state index contributed by atoms with van der Waals surface area (Å²) in [6.07, 6.45) is 0. The first-order chi connectivity index (χ1) is 9.72. The summed E-state index contributed by atoms with van der Waals surface area (Å²) in [6, 6.07) is 13.0. The minimum absolute atomic E-state index is 0.0283. The Morgan fingerprint density at radius 1 is 1.20 bits per heavy atom. The number of nitrogens with zero attached hydrogens (tertiary/aromatic N) is 1. The highest BCUT2D eigenvalue weighted by Crippen LogP contribution is 2.36. The molecule has 3 rings (SSSR count). The van der Waals surface area contributed by atoms with Crippen molar-refractivity contribution in [1.29, 1.82) is 0 Å². The summed E-state index contributed by atoms with van der Waals surface area (Å²) in [5.74, 6) is 0.689. The first-order valence-electron chi connectivity index (χ1n) is 6.63. The van der Waals surface area contributed by atoms with Crippen LogP contribution in [0.25, 0.3) is 0 Å². The van der Waals surface area contributed by atoms with E-state index in [0.717, 1.165) is 17.0 Å². The van der Waals surface area contributed by atoms with E-state index in [-0.39, 0.29) is 5.91 Å². The highest BCUT2D eigenvalue weighted by molar-refractivity contribution is 6.11. The third-order valence-corrected chi connectivity index (χ3v) is 3.46. The van der Waals surface area contributed by atoms with Crippen LogP contribution >= 0.6 is 0 Å². The van der Waals surface area contributed by atoms with E-state index in [1.54, 1.807) is 4.90 Å². The fourth-order valence-electron chi connectivity index (χ4n) is 2.51. The molecule has 0 fully saturated rings. The fraction of sp³-hybridized carbons (Fsp3) is 0.188. The van der Waals surface area contributed by atoms with E-state index in [1.807, 2.05) is 49.4 Å². The number of hydrogen-bond acceptors (Lipinski definition) is 3. The lowest BCUT2D eigenvalue weighted by molar-refractivity contribution is 0.0996. The molecular weight excluding hydrogens is 252 g/mol. The van der Waals surface area contributed by atoms with Crippen molar-refractivity contribution in [3.8, 4) is 5.75 Å². The molecule has 1 aliphatic heterocycles. The lowest BCUT2D eigenvalue weighted by Crippen LogP contribution is -2.23. The van der Waals surface area contributed by atoms with E-state index >= 15 is 0 Å². The van der Waals surface area contributed by atoms with Crippen molar-refractivity contribution in [2.45, 2.75) is 13.5 Å². The quantitative estimate of drug-likeness (QED) is 0.871. The molecule has 0 aliphatic carbocycles. The highest BCUT2D eigenvalue weighted by atomic mass is 16.5. The number of nitrogens with two attached hydrogens (primary N) is 1. The lowest BCUT2D eigenvalue weighted by atomic mass is 10.1. The van der Waals surface area contributed by atoms with Gasteiger partial charge in [-0.25, -0.2) is 0 Å². The van der Waals surface area contributed by atoms with Gasteiger partial charge >= 0.3 is 0 Å². The molecule has 1 amide bonds. The van der Waals surface area contributed by atoms with Crippen molar-refractivity contribution < 1.29 is 9.53 Å². The van der Waals surface area contributed by atoms with Crippen LogP contribution in [0.1, 0.15) is 22.8 Å². The molecule has 1 aliphatic rings. The summed E-state index contributed by atoms with van der Waals surface area (Å²) < 4.78 is 5.60. The monoisotopic (exact) mass is 268 g/mol. The normalized spacial score (nSPS) is 13.4. The molecule has 4 nitrogen and oxygen atoms in total. The molecule has 0 radical (unpaired) electrons. The molecule has 0 spiro atoms. The van der Waals surface area contributed by atoms with E-state index in [9.17, 15) is 4.79 Å². The van der Waals surface area contributed by atoms with Gasteiger partial charge in [-0.05, 0) is 31.2 Å². The van der Waals surface area contributed by atoms with Crippen LogP contribution in [0.5, 0.6) is 5.75 Å². The van der Waals surface area contributed by atoms with Gasteiger partial charge in [-0.1, -0.05) is 18.2 Å². The number of carbonyl (C=O) groups is 1. The maximum atomic E-state index is 12.5. The molecule has 0 saturated carbocycles. The van der Waals surface area contributed by atoms with Crippen LogP contribution in [0.2, 0.25) is 0 Å². The van der Waals surface area contributed by atoms with E-state index < -0.39 is 0 Å². The zero-order chi connectivity index (χ0) is 14.1. The predicted molar refractivity (Wildman–Crippen MR) is 79.0 cm³/mol. The van der Waals surface area contributed by atoms with Crippen LogP contribution in [0, 0.1) is 0 Å². The van der Waals surface area contributed by atoms with Crippen molar-refractivity contribution in [2.75, 3.05) is 17.2 Å². The van der Waals surface area contributed by atoms with Crippen LogP contribution in [0.15, 0.2) is 42.5 Å². The van der Waals surface area contributed by atoms with Crippen molar-refractivity contribution >= 4 is 17.3 Å². The summed E-state index contributed by atoms with van der Waals surface area (Å²) in [5.41, 5.74) is 8.98. The zero-order valence-electron chi connectivity index (χ0n) is 11.3. The smallest absolute Gasteiger partial charge is 0.259 e. The second kappa shape index (κ2) is 4.89. The second-order valence-electron chi connectivity index (χ2n) is 4.67. The van der Waals surface area contributed by atoms with Gasteiger partial charge in [0.15, 0.2) is 0 Å². The van der Waals surface area contributed by atoms with Gasteiger partial charge < -0.3 is 15.4 Å². The van der Waals surface area contributed by atoms with Crippen LogP contribution in [-0.4, -0.2) is 12.5 Å². The average molecular weight is 268 g/mol. The lowest BCUT2D eigenvalue weighted by Gasteiger charge is -2.19. The minimum Gasteiger partial charge on any atom is -0.492 e. The van der Waals surface area contributed by atoms with Gasteiger partial charge in [0.05, 0.1) is 18.8 Å². The Morgan fingerprint density at radius 2 is 2.00 bits per heavy atom. The molecule has 2 aromatic carbocycles. The predicted octanol–water partition coefficient (Wildman–Crippen LogP) is 2.83. The zero-order valence-corrected chi connectivity index (χ0v) is 11.3. The highest BCUT2D eigenvalue weighted by Gasteiger charge is 2.31. The number of anilines is 2. The third kappa shape index (κ3) is 1.90. The van der Waals surface area contributed by atoms with Crippen molar-refractivity contribution in [1.82, 2.24) is 0 Å². The summed E-state index contributed by atoms with van der Waals surface area (Å²) in [6.45, 7) is 2.98. The fourth-order valence-corrected chi connectivity index (χ4v) is 2.51. The van der Waals surface area contributed by atoms with Gasteiger partial charge in [-0.15, -0.1) is 0 Å². The summed E-state index contributed by atoms with van der Waals surface area (Å²) >= 11 is 0. The maximum absolute atomic E-state index is 12.5. The number of ether oxygens (including phenoxy) is 1. The van der Waals surface area contributed by atoms with Gasteiger partial charge in [0.25, 0.3) is 5.91 Å². The average Bonchev–Trinajstić information content (AvgIpc) is 2.79. The number of carbonyl (C=O) groups excluding carboxylic acids is 1. The number of rotatable bonds is 3. The molecule has 20 heavy (non-hydrogen) atoms. The second-order valence-corrected chi connectivity index (χ2v) is 4.67. The number of benzene rings is 2. The molecule has 0 atom stereocenters. The summed E-state index contributed by atoms with van der Waals surface area (Å²) in [4.78, 5) is 14.2. The Kier molecular flexibility index (Phi) is 3.06. The van der Waals surface area contributed by atoms with Crippen molar-refractivity contribution in [3.05, 3.63) is 53.6 Å². The van der Waals surface area contributed by atoms with E-state index in [2.05, 4.69) is 0 Å². The van der Waals surface area contributed by atoms with Crippen LogP contribution in [0.4, 0.5) is 11.4 Å². The van der Waals surface area contributed by atoms with Gasteiger partial charge in [-0.2, -0.15) is 0 Å². The molecule has 0 bridgehead atoms. The number of hydrogen-bond donors (Lipinski definition) is 1. The van der Waals surface area contributed by atoms with E-state index in [1.165, 1.54) is 0 Å². The molecule has 0 aromatic heterocycles. The summed E-state index contributed by atoms with van der Waals surface area (Å²) in [7, 11) is 0. The van der Waals surface area contributed by atoms with Crippen molar-refractivity contribution in [2.24, 2.45) is 0 Å². The standard InChI is InChI=1S/C16H16N2O2/c1-2-20-15-9-4-3-8-14(15)18-10-12-11(16(18)19)6-5-7-13(12)17/h3-9H,2,10,17H2,1H3. The molecule has 4 heteroatoms. The Bertz CT molecular complexity index is 667. The number of nitrogen functional groups attached to an aromatic ring is 1. The Hall–Kier alpha value is -2.49. The van der Waals surface area contributed by atoms with Gasteiger partial charge in [0, 0.05) is 16.8 Å². The van der Waals surface area contributed by atoms with Gasteiger partial charge in [-0.3, -0.25) is 4.79 Å². The van der Waals surface area contributed by atoms with Crippen LogP contribution in [-0.2, 0) is 6.54 Å². The topological polar surface area (TPSA) is 55.6 Å². The molecular formula is C16H16N2O2. The Morgan fingerprint density at radius 3 is 2.75 bits per heavy atom. The Balaban J connectivity index is 2.03. The molecule has 0 unspecified atom stereocenters. The van der Waals surface area contributed by atoms with Gasteiger partial charge in [0.1, 0.15) is 5.75 Å². The first kappa shape index (κ1) is 12.5. The van der Waals surface area contributed by atoms with E-state index in [0.29, 0.717) is 24.4 Å². The number of para-hydroxylation sites is 2. The first-order valence-corrected chi connectivity index (χ1v) is 6.63. The molecule has 0 saturated heterocycles. The third-order valence-electron chi connectivity index (χ3n) is 3.46. The molecule has 2 N–H and O–H groups in total. The maximum Gasteiger partial charge on any atom is 0.259 e. The van der Waals surface area contributed by atoms with Crippen molar-refractivity contribution in [3.63, 3.8) is 0 Å². The Labute approximate surface area is 117 Å². The molecule has 2 aromatic rings. The minimum atomic E-state index is -0.0283. The largest absolute Gasteiger partial charge is 0.492 e. The van der Waals surface area contributed by atoms with E-state index in [4.69, 9.17) is 10.5 Å². The number of fused-ring (bicyclic) bond motifs is 1. The number of amides is 1. The van der Waals surface area contributed by atoms with Gasteiger partial charge in [0.2, 0.25) is 0 Å². The van der Waals surface area contributed by atoms with Crippen LogP contribution in [0.3, 0.4) is 0 Å². The summed E-state index contributed by atoms with van der Waals surface area (Å²) in [5, 5.41) is 0. The molecule has 102 valence electrons. The SMILES string of the molecule is CCOc1ccccc1N1Cc2c(N)cccc2C1=O.